The van der Waals surface area contributed by atoms with Crippen molar-refractivity contribution in [1.29, 1.82) is 0 Å². The molecular formula is C20H19BrF2N4O3. The molecule has 2 N–H and O–H groups in total. The minimum absolute atomic E-state index is 0.171. The molecule has 0 saturated carbocycles. The summed E-state index contributed by atoms with van der Waals surface area (Å²) in [5.41, 5.74) is 0.820. The van der Waals surface area contributed by atoms with Gasteiger partial charge < -0.3 is 19.9 Å². The summed E-state index contributed by atoms with van der Waals surface area (Å²) in [7, 11) is 1.48. The summed E-state index contributed by atoms with van der Waals surface area (Å²) in [6.07, 6.45) is -2.81. The van der Waals surface area contributed by atoms with Crippen LogP contribution in [-0.2, 0) is 0 Å². The van der Waals surface area contributed by atoms with E-state index in [2.05, 4.69) is 36.7 Å². The zero-order valence-corrected chi connectivity index (χ0v) is 17.7. The number of carbonyl (C=O) groups excluding carboxylic acids is 1. The number of nitrogens with one attached hydrogen (secondary N) is 2. The molecule has 0 saturated heterocycles. The first-order valence-corrected chi connectivity index (χ1v) is 9.72. The molecule has 2 atom stereocenters. The second-order valence-corrected chi connectivity index (χ2v) is 7.24. The fourth-order valence-electron chi connectivity index (χ4n) is 2.89. The molecule has 2 amide bonds. The zero-order valence-electron chi connectivity index (χ0n) is 16.1. The molecule has 1 heterocycles. The zero-order chi connectivity index (χ0) is 21.7. The van der Waals surface area contributed by atoms with Gasteiger partial charge in [-0.1, -0.05) is 51.4 Å². The van der Waals surface area contributed by atoms with Crippen LogP contribution >= 0.6 is 15.9 Å². The quantitative estimate of drug-likeness (QED) is 0.517. The van der Waals surface area contributed by atoms with Gasteiger partial charge in [-0.25, -0.2) is 13.6 Å². The van der Waals surface area contributed by atoms with Crippen LogP contribution in [0.5, 0.6) is 5.75 Å². The minimum Gasteiger partial charge on any atom is -0.496 e. The number of halogens is 3. The minimum atomic E-state index is -2.81. The number of aromatic nitrogens is 2. The molecule has 10 heteroatoms. The number of methoxy groups -OCH3 is 1. The van der Waals surface area contributed by atoms with E-state index in [-0.39, 0.29) is 11.4 Å². The highest BCUT2D eigenvalue weighted by molar-refractivity contribution is 9.10. The lowest BCUT2D eigenvalue weighted by atomic mass is 10.0. The molecule has 0 aliphatic carbocycles. The van der Waals surface area contributed by atoms with Crippen LogP contribution < -0.4 is 15.4 Å². The number of benzene rings is 2. The Kier molecular flexibility index (Phi) is 6.99. The van der Waals surface area contributed by atoms with E-state index in [1.54, 1.807) is 43.3 Å². The molecular weight excluding hydrogens is 462 g/mol. The van der Waals surface area contributed by atoms with Crippen LogP contribution in [-0.4, -0.2) is 29.7 Å². The average molecular weight is 481 g/mol. The van der Waals surface area contributed by atoms with Crippen molar-refractivity contribution in [3.8, 4) is 5.75 Å². The Bertz CT molecular complexity index is 998. The van der Waals surface area contributed by atoms with E-state index in [0.29, 0.717) is 17.2 Å². The largest absolute Gasteiger partial charge is 0.496 e. The van der Waals surface area contributed by atoms with Gasteiger partial charge in [-0.15, -0.1) is 0 Å². The van der Waals surface area contributed by atoms with E-state index in [4.69, 9.17) is 9.26 Å². The Morgan fingerprint density at radius 2 is 1.83 bits per heavy atom. The molecule has 7 nitrogen and oxygen atoms in total. The van der Waals surface area contributed by atoms with Crippen molar-refractivity contribution in [3.63, 3.8) is 0 Å². The van der Waals surface area contributed by atoms with Gasteiger partial charge in [0.15, 0.2) is 5.82 Å². The van der Waals surface area contributed by atoms with Crippen molar-refractivity contribution >= 4 is 22.0 Å². The van der Waals surface area contributed by atoms with Crippen LogP contribution in [0.4, 0.5) is 13.6 Å². The number of alkyl halides is 2. The van der Waals surface area contributed by atoms with E-state index in [9.17, 15) is 13.6 Å². The number of hydrogen-bond acceptors (Lipinski definition) is 5. The predicted octanol–water partition coefficient (Wildman–Crippen LogP) is 4.54. The van der Waals surface area contributed by atoms with Gasteiger partial charge in [0.05, 0.1) is 7.11 Å². The summed E-state index contributed by atoms with van der Waals surface area (Å²) in [6, 6.07) is 10.0. The molecule has 0 aliphatic heterocycles. The summed E-state index contributed by atoms with van der Waals surface area (Å²) in [4.78, 5) is 16.8. The summed E-state index contributed by atoms with van der Waals surface area (Å²) >= 11 is 3.26. The van der Waals surface area contributed by atoms with E-state index in [1.165, 1.54) is 19.2 Å². The van der Waals surface area contributed by atoms with Crippen LogP contribution in [0.15, 0.2) is 57.5 Å². The van der Waals surface area contributed by atoms with Gasteiger partial charge in [0.25, 0.3) is 6.43 Å². The number of hydrogen-bond donors (Lipinski definition) is 2. The fraction of sp³-hybridized carbons (Fsp3) is 0.250. The standard InChI is InChI=1S/C20H19BrF2N4O3/c1-11-24-19(27-30-11)17(14-5-3-4-6-15(14)29-2)26-20(28)25-16(18(22)23)12-7-9-13(21)10-8-12/h3-10,16-18H,1-2H3,(H2,25,26,28)/t16-,17?/m1/s1. The first-order chi connectivity index (χ1) is 14.4. The smallest absolute Gasteiger partial charge is 0.316 e. The number of amides is 2. The Balaban J connectivity index is 1.86. The Morgan fingerprint density at radius 3 is 2.43 bits per heavy atom. The van der Waals surface area contributed by atoms with Gasteiger partial charge in [-0.2, -0.15) is 4.98 Å². The molecule has 0 fully saturated rings. The number of ether oxygens (including phenoxy) is 1. The lowest BCUT2D eigenvalue weighted by Gasteiger charge is -2.22. The highest BCUT2D eigenvalue weighted by atomic mass is 79.9. The second-order valence-electron chi connectivity index (χ2n) is 6.33. The van der Waals surface area contributed by atoms with E-state index < -0.39 is 24.5 Å². The van der Waals surface area contributed by atoms with Crippen LogP contribution in [0.25, 0.3) is 0 Å². The van der Waals surface area contributed by atoms with Gasteiger partial charge in [0.2, 0.25) is 5.89 Å². The Morgan fingerprint density at radius 1 is 1.13 bits per heavy atom. The number of carbonyl (C=O) groups is 1. The first-order valence-electron chi connectivity index (χ1n) is 8.92. The van der Waals surface area contributed by atoms with Crippen molar-refractivity contribution in [2.45, 2.75) is 25.4 Å². The maximum Gasteiger partial charge on any atom is 0.316 e. The highest BCUT2D eigenvalue weighted by Gasteiger charge is 2.29. The van der Waals surface area contributed by atoms with Crippen molar-refractivity contribution in [2.75, 3.05) is 7.11 Å². The molecule has 0 bridgehead atoms. The maximum atomic E-state index is 13.6. The predicted molar refractivity (Wildman–Crippen MR) is 108 cm³/mol. The van der Waals surface area contributed by atoms with E-state index in [0.717, 1.165) is 4.47 Å². The van der Waals surface area contributed by atoms with Crippen LogP contribution in [0.3, 0.4) is 0 Å². The van der Waals surface area contributed by atoms with Gasteiger partial charge in [-0.3, -0.25) is 0 Å². The topological polar surface area (TPSA) is 89.3 Å². The highest BCUT2D eigenvalue weighted by Crippen LogP contribution is 2.29. The average Bonchev–Trinajstić information content (AvgIpc) is 3.17. The Hall–Kier alpha value is -3.01. The van der Waals surface area contributed by atoms with Crippen LogP contribution in [0.2, 0.25) is 0 Å². The molecule has 0 spiro atoms. The molecule has 0 aliphatic rings. The van der Waals surface area contributed by atoms with Crippen molar-refractivity contribution in [2.24, 2.45) is 0 Å². The summed E-state index contributed by atoms with van der Waals surface area (Å²) in [6.45, 7) is 1.61. The molecule has 1 aromatic heterocycles. The number of nitrogens with zero attached hydrogens (tertiary/aromatic N) is 2. The molecule has 3 rings (SSSR count). The third kappa shape index (κ3) is 5.12. The van der Waals surface area contributed by atoms with Gasteiger partial charge in [-0.05, 0) is 23.8 Å². The number of para-hydroxylation sites is 1. The maximum absolute atomic E-state index is 13.6. The van der Waals surface area contributed by atoms with Gasteiger partial charge >= 0.3 is 6.03 Å². The molecule has 0 radical (unpaired) electrons. The van der Waals surface area contributed by atoms with Crippen LogP contribution in [0.1, 0.15) is 34.9 Å². The summed E-state index contributed by atoms with van der Waals surface area (Å²) < 4.78 is 38.4. The number of aryl methyl sites for hydroxylation is 1. The van der Waals surface area contributed by atoms with Gasteiger partial charge in [0.1, 0.15) is 17.8 Å². The first kappa shape index (κ1) is 21.7. The third-order valence-corrected chi connectivity index (χ3v) is 4.82. The molecule has 158 valence electrons. The molecule has 3 aromatic rings. The molecule has 2 aromatic carbocycles. The lowest BCUT2D eigenvalue weighted by molar-refractivity contribution is 0.101. The van der Waals surface area contributed by atoms with Gasteiger partial charge in [0, 0.05) is 17.0 Å². The number of urea groups is 1. The van der Waals surface area contributed by atoms with E-state index >= 15 is 0 Å². The Labute approximate surface area is 179 Å². The normalized spacial score (nSPS) is 13.0. The summed E-state index contributed by atoms with van der Waals surface area (Å²) in [5, 5.41) is 8.84. The van der Waals surface area contributed by atoms with Crippen molar-refractivity contribution < 1.29 is 22.8 Å². The fourth-order valence-corrected chi connectivity index (χ4v) is 3.16. The lowest BCUT2D eigenvalue weighted by Crippen LogP contribution is -2.42. The third-order valence-electron chi connectivity index (χ3n) is 4.29. The van der Waals surface area contributed by atoms with E-state index in [1.807, 2.05) is 0 Å². The molecule has 1 unspecified atom stereocenters. The monoisotopic (exact) mass is 480 g/mol. The van der Waals surface area contributed by atoms with Crippen molar-refractivity contribution in [3.05, 3.63) is 75.8 Å². The summed E-state index contributed by atoms with van der Waals surface area (Å²) in [5.74, 6) is 0.945. The number of rotatable bonds is 7. The van der Waals surface area contributed by atoms with Crippen molar-refractivity contribution in [1.82, 2.24) is 20.8 Å². The van der Waals surface area contributed by atoms with Crippen LogP contribution in [0, 0.1) is 6.92 Å². The molecule has 30 heavy (non-hydrogen) atoms. The second kappa shape index (κ2) is 9.66. The SMILES string of the molecule is COc1ccccc1C(NC(=O)N[C@H](c1ccc(Br)cc1)C(F)F)c1noc(C)n1.